The minimum atomic E-state index is -0.495. The van der Waals surface area contributed by atoms with Crippen LogP contribution in [0.2, 0.25) is 0 Å². The van der Waals surface area contributed by atoms with Crippen molar-refractivity contribution in [3.8, 4) is 11.5 Å². The Labute approximate surface area is 190 Å². The van der Waals surface area contributed by atoms with Crippen molar-refractivity contribution >= 4 is 23.6 Å². The van der Waals surface area contributed by atoms with Gasteiger partial charge in [0.15, 0.2) is 11.5 Å². The van der Waals surface area contributed by atoms with Crippen molar-refractivity contribution in [2.75, 3.05) is 33.0 Å². The van der Waals surface area contributed by atoms with Gasteiger partial charge < -0.3 is 20.1 Å². The molecule has 0 aliphatic carbocycles. The van der Waals surface area contributed by atoms with E-state index < -0.39 is 11.8 Å². The van der Waals surface area contributed by atoms with Gasteiger partial charge in [0.25, 0.3) is 11.8 Å². The van der Waals surface area contributed by atoms with Crippen LogP contribution in [-0.4, -0.2) is 66.6 Å². The average molecular weight is 452 g/mol. The molecule has 0 atom stereocenters. The molecule has 33 heavy (non-hydrogen) atoms. The molecule has 0 spiro atoms. The molecular formula is C23H24N4O6. The third kappa shape index (κ3) is 5.40. The van der Waals surface area contributed by atoms with E-state index in [9.17, 15) is 19.2 Å². The molecule has 2 N–H and O–H groups in total. The Morgan fingerprint density at radius 1 is 0.818 bits per heavy atom. The van der Waals surface area contributed by atoms with E-state index in [1.54, 1.807) is 48.5 Å². The summed E-state index contributed by atoms with van der Waals surface area (Å²) in [6, 6.07) is 13.8. The molecule has 0 radical (unpaired) electrons. The maximum absolute atomic E-state index is 12.8. The van der Waals surface area contributed by atoms with Crippen LogP contribution in [0.25, 0.3) is 0 Å². The summed E-state index contributed by atoms with van der Waals surface area (Å²) in [6.07, 6.45) is 0.762. The van der Waals surface area contributed by atoms with E-state index in [2.05, 4.69) is 10.6 Å². The Kier molecular flexibility index (Phi) is 6.72. The smallest absolute Gasteiger partial charge is 0.260 e. The summed E-state index contributed by atoms with van der Waals surface area (Å²) < 4.78 is 10.6. The summed E-state index contributed by atoms with van der Waals surface area (Å²) in [6.45, 7) is 0.451. The molecule has 2 aliphatic heterocycles. The van der Waals surface area contributed by atoms with E-state index >= 15 is 0 Å². The lowest BCUT2D eigenvalue weighted by atomic mass is 10.1. The quantitative estimate of drug-likeness (QED) is 0.631. The minimum absolute atomic E-state index is 0.109. The van der Waals surface area contributed by atoms with Crippen LogP contribution in [0.5, 0.6) is 11.5 Å². The van der Waals surface area contributed by atoms with E-state index in [-0.39, 0.29) is 38.1 Å². The summed E-state index contributed by atoms with van der Waals surface area (Å²) in [5.41, 5.74) is 1.20. The lowest BCUT2D eigenvalue weighted by Crippen LogP contribution is -2.49. The molecule has 4 rings (SSSR count). The second-order valence-corrected chi connectivity index (χ2v) is 7.58. The van der Waals surface area contributed by atoms with Crippen LogP contribution in [0.4, 0.5) is 0 Å². The number of hydrogen-bond donors (Lipinski definition) is 2. The Balaban J connectivity index is 1.24. The Bertz CT molecular complexity index is 1060. The number of nitrogens with zero attached hydrogens (tertiary/aromatic N) is 2. The molecule has 0 aromatic heterocycles. The molecule has 0 saturated carbocycles. The van der Waals surface area contributed by atoms with Crippen molar-refractivity contribution < 1.29 is 28.7 Å². The minimum Gasteiger partial charge on any atom is -0.454 e. The molecule has 4 amide bonds. The van der Waals surface area contributed by atoms with Crippen LogP contribution >= 0.6 is 0 Å². The molecule has 10 nitrogen and oxygen atoms in total. The van der Waals surface area contributed by atoms with Gasteiger partial charge in [0.1, 0.15) is 0 Å². The second kappa shape index (κ2) is 10.0. The van der Waals surface area contributed by atoms with Gasteiger partial charge in [0.05, 0.1) is 19.5 Å². The predicted molar refractivity (Wildman–Crippen MR) is 116 cm³/mol. The van der Waals surface area contributed by atoms with Crippen LogP contribution in [0.1, 0.15) is 22.3 Å². The molecular weight excluding hydrogens is 428 g/mol. The fourth-order valence-corrected chi connectivity index (χ4v) is 3.63. The highest BCUT2D eigenvalue weighted by Gasteiger charge is 2.30. The first kappa shape index (κ1) is 22.1. The molecule has 1 saturated heterocycles. The van der Waals surface area contributed by atoms with Gasteiger partial charge >= 0.3 is 0 Å². The molecule has 1 fully saturated rings. The van der Waals surface area contributed by atoms with Gasteiger partial charge in [-0.1, -0.05) is 24.3 Å². The fourth-order valence-electron chi connectivity index (χ4n) is 3.63. The number of nitrogens with one attached hydrogen (secondary N) is 2. The number of carbonyl (C=O) groups is 4. The van der Waals surface area contributed by atoms with E-state index in [0.717, 1.165) is 5.56 Å². The number of hydrazine groups is 1. The van der Waals surface area contributed by atoms with Gasteiger partial charge in [0, 0.05) is 18.7 Å². The zero-order valence-corrected chi connectivity index (χ0v) is 17.9. The number of rotatable bonds is 7. The Hall–Kier alpha value is -4.08. The number of ether oxygens (including phenoxy) is 2. The normalized spacial score (nSPS) is 14.2. The summed E-state index contributed by atoms with van der Waals surface area (Å²) in [7, 11) is 0. The lowest BCUT2D eigenvalue weighted by molar-refractivity contribution is -0.157. The Morgan fingerprint density at radius 2 is 1.55 bits per heavy atom. The molecule has 2 aromatic carbocycles. The van der Waals surface area contributed by atoms with Gasteiger partial charge in [-0.3, -0.25) is 24.2 Å². The molecule has 172 valence electrons. The number of benzene rings is 2. The summed E-state index contributed by atoms with van der Waals surface area (Å²) in [5.74, 6) is -0.256. The van der Waals surface area contributed by atoms with Gasteiger partial charge in [0.2, 0.25) is 18.6 Å². The van der Waals surface area contributed by atoms with E-state index in [1.807, 2.05) is 0 Å². The van der Waals surface area contributed by atoms with E-state index in [4.69, 9.17) is 9.47 Å². The van der Waals surface area contributed by atoms with Crippen molar-refractivity contribution in [1.82, 2.24) is 20.7 Å². The molecule has 0 unspecified atom stereocenters. The third-order valence-electron chi connectivity index (χ3n) is 5.28. The topological polar surface area (TPSA) is 117 Å². The van der Waals surface area contributed by atoms with E-state index in [1.165, 1.54) is 10.0 Å². The number of hydrogen-bond acceptors (Lipinski definition) is 6. The lowest BCUT2D eigenvalue weighted by Gasteiger charge is -2.28. The number of carbonyl (C=O) groups excluding carboxylic acids is 4. The van der Waals surface area contributed by atoms with Gasteiger partial charge in [-0.25, -0.2) is 5.01 Å². The first-order valence-electron chi connectivity index (χ1n) is 10.6. The van der Waals surface area contributed by atoms with Crippen molar-refractivity contribution in [1.29, 1.82) is 0 Å². The summed E-state index contributed by atoms with van der Waals surface area (Å²) in [5, 5.41) is 7.77. The van der Waals surface area contributed by atoms with Gasteiger partial charge in [-0.2, -0.15) is 0 Å². The third-order valence-corrected chi connectivity index (χ3v) is 5.28. The maximum atomic E-state index is 12.8. The van der Waals surface area contributed by atoms with Crippen molar-refractivity contribution in [2.24, 2.45) is 0 Å². The molecule has 0 bridgehead atoms. The van der Waals surface area contributed by atoms with Crippen molar-refractivity contribution in [3.63, 3.8) is 0 Å². The first-order chi connectivity index (χ1) is 16.0. The second-order valence-electron chi connectivity index (χ2n) is 7.58. The van der Waals surface area contributed by atoms with E-state index in [0.29, 0.717) is 36.6 Å². The first-order valence-corrected chi connectivity index (χ1v) is 10.6. The number of amides is 4. The van der Waals surface area contributed by atoms with Crippen LogP contribution in [-0.2, 0) is 20.8 Å². The highest BCUT2D eigenvalue weighted by Crippen LogP contribution is 2.32. The number of fused-ring (bicyclic) bond motifs is 1. The van der Waals surface area contributed by atoms with Gasteiger partial charge in [-0.05, 0) is 36.2 Å². The zero-order chi connectivity index (χ0) is 23.2. The van der Waals surface area contributed by atoms with Crippen molar-refractivity contribution in [2.45, 2.75) is 12.8 Å². The average Bonchev–Trinajstić information content (AvgIpc) is 3.51. The standard InChI is InChI=1S/C23H24N4O6/c28-20(13-25-23(31)17-5-2-1-3-6-17)24-14-22(30)27-10-4-9-26(27)21(29)12-16-7-8-18-19(11-16)33-15-32-18/h1-3,5-8,11H,4,9-10,12-15H2,(H,24,28)(H,25,31). The van der Waals surface area contributed by atoms with Crippen molar-refractivity contribution in [3.05, 3.63) is 59.7 Å². The van der Waals surface area contributed by atoms with Crippen LogP contribution < -0.4 is 20.1 Å². The molecule has 2 aromatic rings. The fraction of sp³-hybridized carbons (Fsp3) is 0.304. The molecule has 10 heteroatoms. The SMILES string of the molecule is O=C(CNC(=O)c1ccccc1)NCC(=O)N1CCCN1C(=O)Cc1ccc2c(c1)OCO2. The molecule has 2 aliphatic rings. The van der Waals surface area contributed by atoms with Crippen LogP contribution in [0.15, 0.2) is 48.5 Å². The largest absolute Gasteiger partial charge is 0.454 e. The molecule has 2 heterocycles. The van der Waals surface area contributed by atoms with Crippen LogP contribution in [0.3, 0.4) is 0 Å². The maximum Gasteiger partial charge on any atom is 0.260 e. The summed E-state index contributed by atoms with van der Waals surface area (Å²) >= 11 is 0. The summed E-state index contributed by atoms with van der Waals surface area (Å²) in [4.78, 5) is 49.5. The zero-order valence-electron chi connectivity index (χ0n) is 17.9. The highest BCUT2D eigenvalue weighted by molar-refractivity contribution is 5.96. The monoisotopic (exact) mass is 452 g/mol. The van der Waals surface area contributed by atoms with Crippen LogP contribution in [0, 0.1) is 0 Å². The van der Waals surface area contributed by atoms with Gasteiger partial charge in [-0.15, -0.1) is 0 Å². The Morgan fingerprint density at radius 3 is 2.33 bits per heavy atom. The highest BCUT2D eigenvalue weighted by atomic mass is 16.7. The predicted octanol–water partition coefficient (Wildman–Crippen LogP) is 0.480.